The molecule has 0 radical (unpaired) electrons. The number of benzene rings is 8. The Kier molecular flexibility index (Phi) is 6.99. The highest BCUT2D eigenvalue weighted by Gasteiger charge is 2.41. The van der Waals surface area contributed by atoms with Crippen molar-refractivity contribution in [1.29, 1.82) is 0 Å². The Hall–Kier alpha value is -7.49. The Balaban J connectivity index is 1.23. The molecule has 9 aromatic rings. The topological polar surface area (TPSA) is 19.4 Å². The molecule has 57 heavy (non-hydrogen) atoms. The molecule has 1 unspecified atom stereocenters. The fraction of sp³-hybridized carbons (Fsp3) is 0.0185. The standard InChI is InChI=1S/C54H35N2O/c1-3-17-35(18-4-1)55-48-30-12-13-31-49(48)56(36-19-5-2-6-20-36)51-34-47-43-27-15-26-42(45-29-16-28-44-40-24-11-14-32-52(40)57-54(44)45)53(43)41-25-10-9-22-38(41)37-21-7-8-23-39(37)46(47)33-50(51)55/h1-34,49H/q+1. The molecule has 1 atom stereocenters. The number of rotatable bonds is 3. The monoisotopic (exact) mass is 727 g/mol. The van der Waals surface area contributed by atoms with E-state index in [1.165, 1.54) is 50.2 Å². The van der Waals surface area contributed by atoms with Crippen LogP contribution in [0.4, 0.5) is 22.7 Å². The van der Waals surface area contributed by atoms with Gasteiger partial charge in [0.25, 0.3) is 0 Å². The highest BCUT2D eigenvalue weighted by Crippen LogP contribution is 2.55. The third-order valence-electron chi connectivity index (χ3n) is 11.9. The van der Waals surface area contributed by atoms with Crippen LogP contribution in [0.25, 0.3) is 77.6 Å². The van der Waals surface area contributed by atoms with Crippen LogP contribution >= 0.6 is 0 Å². The number of furan rings is 1. The molecule has 0 fully saturated rings. The maximum Gasteiger partial charge on any atom is 0.235 e. The first-order valence-electron chi connectivity index (χ1n) is 19.6. The van der Waals surface area contributed by atoms with Crippen molar-refractivity contribution in [2.75, 3.05) is 4.90 Å². The van der Waals surface area contributed by atoms with E-state index in [9.17, 15) is 0 Å². The number of allylic oxidation sites excluding steroid dienone is 2. The second kappa shape index (κ2) is 12.5. The summed E-state index contributed by atoms with van der Waals surface area (Å²) in [6.07, 6.45) is 8.94. The second-order valence-corrected chi connectivity index (χ2v) is 15.0. The molecule has 8 aromatic carbocycles. The van der Waals surface area contributed by atoms with Crippen LogP contribution in [0.5, 0.6) is 0 Å². The zero-order chi connectivity index (χ0) is 37.5. The first-order valence-corrected chi connectivity index (χ1v) is 19.6. The molecule has 0 amide bonds. The smallest absolute Gasteiger partial charge is 0.235 e. The summed E-state index contributed by atoms with van der Waals surface area (Å²) in [6, 6.07) is 66.2. The van der Waals surface area contributed by atoms with Crippen molar-refractivity contribution < 1.29 is 4.42 Å². The van der Waals surface area contributed by atoms with Gasteiger partial charge in [-0.05, 0) is 74.3 Å². The van der Waals surface area contributed by atoms with Gasteiger partial charge in [-0.15, -0.1) is 0 Å². The quantitative estimate of drug-likeness (QED) is 0.169. The summed E-state index contributed by atoms with van der Waals surface area (Å²) in [6.45, 7) is 0. The summed E-state index contributed by atoms with van der Waals surface area (Å²) >= 11 is 0. The normalized spacial score (nSPS) is 14.9. The van der Waals surface area contributed by atoms with Gasteiger partial charge in [0.05, 0.1) is 0 Å². The number of fused-ring (bicyclic) bond motifs is 13. The molecule has 3 heteroatoms. The minimum Gasteiger partial charge on any atom is -0.455 e. The number of nitrogens with zero attached hydrogens (tertiary/aromatic N) is 2. The molecule has 0 spiro atoms. The van der Waals surface area contributed by atoms with Crippen LogP contribution in [0.15, 0.2) is 211 Å². The van der Waals surface area contributed by atoms with Crippen LogP contribution in [-0.2, 0) is 0 Å². The van der Waals surface area contributed by atoms with Crippen molar-refractivity contribution in [3.8, 4) is 55.6 Å². The zero-order valence-electron chi connectivity index (χ0n) is 31.0. The maximum atomic E-state index is 6.71. The van der Waals surface area contributed by atoms with Crippen LogP contribution < -0.4 is 9.48 Å². The minimum atomic E-state index is -0.0128. The first-order chi connectivity index (χ1) is 28.3. The third kappa shape index (κ3) is 4.76. The first kappa shape index (κ1) is 31.8. The molecule has 3 aliphatic rings. The van der Waals surface area contributed by atoms with Crippen molar-refractivity contribution in [3.63, 3.8) is 0 Å². The van der Waals surface area contributed by atoms with Gasteiger partial charge in [0, 0.05) is 46.3 Å². The summed E-state index contributed by atoms with van der Waals surface area (Å²) in [5.41, 5.74) is 19.5. The molecule has 2 aliphatic carbocycles. The summed E-state index contributed by atoms with van der Waals surface area (Å²) in [5.74, 6) is 0. The van der Waals surface area contributed by atoms with Crippen LogP contribution in [0.1, 0.15) is 0 Å². The summed E-state index contributed by atoms with van der Waals surface area (Å²) in [5, 5.41) is 2.26. The van der Waals surface area contributed by atoms with Crippen molar-refractivity contribution in [2.24, 2.45) is 0 Å². The predicted molar refractivity (Wildman–Crippen MR) is 238 cm³/mol. The number of para-hydroxylation sites is 4. The molecule has 3 nitrogen and oxygen atoms in total. The fourth-order valence-corrected chi connectivity index (χ4v) is 9.52. The lowest BCUT2D eigenvalue weighted by atomic mass is 9.78. The molecular formula is C54H35N2O+. The van der Waals surface area contributed by atoms with Crippen molar-refractivity contribution in [2.45, 2.75) is 6.04 Å². The number of hydrogen-bond donors (Lipinski definition) is 0. The molecule has 2 heterocycles. The Bertz CT molecular complexity index is 3180. The van der Waals surface area contributed by atoms with Gasteiger partial charge < -0.3 is 9.32 Å². The molecule has 12 rings (SSSR count). The van der Waals surface area contributed by atoms with Crippen LogP contribution in [0, 0.1) is 0 Å². The Labute approximate surface area is 331 Å². The van der Waals surface area contributed by atoms with E-state index in [4.69, 9.17) is 4.42 Å². The number of anilines is 2. The van der Waals surface area contributed by atoms with Gasteiger partial charge in [-0.3, -0.25) is 0 Å². The van der Waals surface area contributed by atoms with Gasteiger partial charge in [-0.2, -0.15) is 4.58 Å². The van der Waals surface area contributed by atoms with E-state index >= 15 is 0 Å². The van der Waals surface area contributed by atoms with Crippen molar-refractivity contribution in [3.05, 3.63) is 206 Å². The van der Waals surface area contributed by atoms with E-state index in [1.807, 2.05) is 6.07 Å². The lowest BCUT2D eigenvalue weighted by Crippen LogP contribution is -2.44. The van der Waals surface area contributed by atoms with E-state index in [-0.39, 0.29) is 6.04 Å². The molecular weight excluding hydrogens is 693 g/mol. The highest BCUT2D eigenvalue weighted by molar-refractivity contribution is 6.16. The van der Waals surface area contributed by atoms with E-state index in [0.717, 1.165) is 55.8 Å². The minimum absolute atomic E-state index is 0.0128. The van der Waals surface area contributed by atoms with E-state index in [0.29, 0.717) is 0 Å². The SMILES string of the molecule is C1=CC2=[N+](c3ccccc3)c3cc4c(cc3N(c3ccccc3)C2C=C1)-c1cccc(-c2cccc3c2oc2ccccc23)c1-c1ccccc1-c1ccccc1-4. The molecule has 0 saturated carbocycles. The largest absolute Gasteiger partial charge is 0.455 e. The molecule has 0 N–H and O–H groups in total. The van der Waals surface area contributed by atoms with Crippen LogP contribution in [-0.4, -0.2) is 11.8 Å². The van der Waals surface area contributed by atoms with Crippen LogP contribution in [0.3, 0.4) is 0 Å². The number of hydrogen-bond acceptors (Lipinski definition) is 2. The van der Waals surface area contributed by atoms with Gasteiger partial charge in [0.2, 0.25) is 17.1 Å². The average Bonchev–Trinajstić information content (AvgIpc) is 3.67. The van der Waals surface area contributed by atoms with Gasteiger partial charge >= 0.3 is 0 Å². The van der Waals surface area contributed by atoms with Crippen molar-refractivity contribution in [1.82, 2.24) is 4.58 Å². The fourth-order valence-electron chi connectivity index (χ4n) is 9.52. The van der Waals surface area contributed by atoms with Gasteiger partial charge in [-0.1, -0.05) is 158 Å². The molecule has 1 aliphatic heterocycles. The maximum absolute atomic E-state index is 6.71. The molecule has 266 valence electrons. The molecule has 1 aromatic heterocycles. The van der Waals surface area contributed by atoms with E-state index in [2.05, 4.69) is 210 Å². The Morgan fingerprint density at radius 3 is 1.84 bits per heavy atom. The summed E-state index contributed by atoms with van der Waals surface area (Å²) in [7, 11) is 0. The third-order valence-corrected chi connectivity index (χ3v) is 11.9. The van der Waals surface area contributed by atoms with Crippen molar-refractivity contribution >= 4 is 50.4 Å². The Morgan fingerprint density at radius 1 is 0.456 bits per heavy atom. The lowest BCUT2D eigenvalue weighted by molar-refractivity contribution is 0.670. The molecule has 0 saturated heterocycles. The van der Waals surface area contributed by atoms with Gasteiger partial charge in [-0.25, -0.2) is 0 Å². The molecule has 0 bridgehead atoms. The van der Waals surface area contributed by atoms with Crippen LogP contribution in [0.2, 0.25) is 0 Å². The van der Waals surface area contributed by atoms with Gasteiger partial charge in [0.1, 0.15) is 22.9 Å². The zero-order valence-corrected chi connectivity index (χ0v) is 31.0. The summed E-state index contributed by atoms with van der Waals surface area (Å²) in [4.78, 5) is 2.52. The van der Waals surface area contributed by atoms with E-state index < -0.39 is 0 Å². The van der Waals surface area contributed by atoms with Gasteiger partial charge in [0.15, 0.2) is 0 Å². The highest BCUT2D eigenvalue weighted by atomic mass is 16.3. The average molecular weight is 728 g/mol. The Morgan fingerprint density at radius 2 is 1.04 bits per heavy atom. The second-order valence-electron chi connectivity index (χ2n) is 15.0. The lowest BCUT2D eigenvalue weighted by Gasteiger charge is -2.37. The summed E-state index contributed by atoms with van der Waals surface area (Å²) < 4.78 is 9.18. The predicted octanol–water partition coefficient (Wildman–Crippen LogP) is 14.2. The van der Waals surface area contributed by atoms with E-state index in [1.54, 1.807) is 0 Å².